The highest BCUT2D eigenvalue weighted by Gasteiger charge is 2.15. The SMILES string of the molecule is O=C(CCCBr)c1cc(F)c(F)cc1F. The van der Waals surface area contributed by atoms with E-state index in [2.05, 4.69) is 15.9 Å². The minimum atomic E-state index is -1.29. The van der Waals surface area contributed by atoms with Crippen LogP contribution in [0.2, 0.25) is 0 Å². The minimum absolute atomic E-state index is 0.104. The van der Waals surface area contributed by atoms with Crippen molar-refractivity contribution in [2.24, 2.45) is 0 Å². The van der Waals surface area contributed by atoms with Gasteiger partial charge in [0.05, 0.1) is 5.56 Å². The van der Waals surface area contributed by atoms with Crippen molar-refractivity contribution in [2.45, 2.75) is 12.8 Å². The first kappa shape index (κ1) is 12.2. The fourth-order valence-electron chi connectivity index (χ4n) is 1.10. The summed E-state index contributed by atoms with van der Waals surface area (Å²) in [5.74, 6) is -4.04. The van der Waals surface area contributed by atoms with Crippen LogP contribution in [0.3, 0.4) is 0 Å². The standard InChI is InChI=1S/C10H8BrF3O/c11-3-1-2-10(15)6-4-8(13)9(14)5-7(6)12/h4-5H,1-3H2. The maximum absolute atomic E-state index is 13.1. The van der Waals surface area contributed by atoms with Crippen molar-refractivity contribution in [3.8, 4) is 0 Å². The summed E-state index contributed by atoms with van der Waals surface area (Å²) in [5, 5.41) is 0.601. The molecule has 15 heavy (non-hydrogen) atoms. The molecule has 1 aromatic rings. The van der Waals surface area contributed by atoms with Crippen LogP contribution in [0.1, 0.15) is 23.2 Å². The Morgan fingerprint density at radius 2 is 1.73 bits per heavy atom. The molecule has 0 bridgehead atoms. The van der Waals surface area contributed by atoms with Crippen molar-refractivity contribution in [1.29, 1.82) is 0 Å². The van der Waals surface area contributed by atoms with Gasteiger partial charge in [0.2, 0.25) is 0 Å². The van der Waals surface area contributed by atoms with E-state index in [4.69, 9.17) is 0 Å². The second kappa shape index (κ2) is 5.30. The van der Waals surface area contributed by atoms with Crippen molar-refractivity contribution in [2.75, 3.05) is 5.33 Å². The number of hydrogen-bond donors (Lipinski definition) is 0. The molecule has 1 rings (SSSR count). The topological polar surface area (TPSA) is 17.1 Å². The lowest BCUT2D eigenvalue weighted by molar-refractivity contribution is 0.0977. The van der Waals surface area contributed by atoms with Gasteiger partial charge in [0.1, 0.15) is 5.82 Å². The predicted octanol–water partition coefficient (Wildman–Crippen LogP) is 3.46. The second-order valence-corrected chi connectivity index (χ2v) is 3.75. The fraction of sp³-hybridized carbons (Fsp3) is 0.300. The molecule has 0 unspecified atom stereocenters. The maximum Gasteiger partial charge on any atom is 0.165 e. The zero-order valence-corrected chi connectivity index (χ0v) is 9.28. The fourth-order valence-corrected chi connectivity index (χ4v) is 1.38. The van der Waals surface area contributed by atoms with Crippen LogP contribution in [-0.2, 0) is 0 Å². The van der Waals surface area contributed by atoms with Gasteiger partial charge in [0.25, 0.3) is 0 Å². The average Bonchev–Trinajstić information content (AvgIpc) is 2.20. The Morgan fingerprint density at radius 1 is 1.13 bits per heavy atom. The smallest absolute Gasteiger partial charge is 0.165 e. The first-order chi connectivity index (χ1) is 7.06. The number of rotatable bonds is 4. The van der Waals surface area contributed by atoms with Crippen molar-refractivity contribution in [3.05, 3.63) is 35.1 Å². The lowest BCUT2D eigenvalue weighted by Crippen LogP contribution is -2.04. The quantitative estimate of drug-likeness (QED) is 0.469. The number of halogens is 4. The molecule has 82 valence electrons. The summed E-state index contributed by atoms with van der Waals surface area (Å²) in [4.78, 5) is 11.3. The van der Waals surface area contributed by atoms with Gasteiger partial charge in [-0.15, -0.1) is 0 Å². The monoisotopic (exact) mass is 280 g/mol. The van der Waals surface area contributed by atoms with Gasteiger partial charge in [-0.05, 0) is 12.5 Å². The van der Waals surface area contributed by atoms with Gasteiger partial charge in [0, 0.05) is 17.8 Å². The lowest BCUT2D eigenvalue weighted by Gasteiger charge is -2.02. The van der Waals surface area contributed by atoms with Gasteiger partial charge >= 0.3 is 0 Å². The molecular formula is C10H8BrF3O. The van der Waals surface area contributed by atoms with E-state index >= 15 is 0 Å². The van der Waals surface area contributed by atoms with Crippen molar-refractivity contribution in [1.82, 2.24) is 0 Å². The third kappa shape index (κ3) is 3.06. The summed E-state index contributed by atoms with van der Waals surface area (Å²) in [6.07, 6.45) is 0.629. The van der Waals surface area contributed by atoms with Crippen molar-refractivity contribution >= 4 is 21.7 Å². The molecule has 0 aliphatic carbocycles. The largest absolute Gasteiger partial charge is 0.294 e. The molecular weight excluding hydrogens is 273 g/mol. The van der Waals surface area contributed by atoms with Crippen molar-refractivity contribution in [3.63, 3.8) is 0 Å². The van der Waals surface area contributed by atoms with Crippen LogP contribution in [0, 0.1) is 17.5 Å². The van der Waals surface area contributed by atoms with Crippen LogP contribution in [0.15, 0.2) is 12.1 Å². The van der Waals surface area contributed by atoms with E-state index in [9.17, 15) is 18.0 Å². The third-order valence-electron chi connectivity index (χ3n) is 1.85. The van der Waals surface area contributed by atoms with Crippen LogP contribution >= 0.6 is 15.9 Å². The van der Waals surface area contributed by atoms with E-state index < -0.39 is 28.8 Å². The van der Waals surface area contributed by atoms with Crippen LogP contribution in [-0.4, -0.2) is 11.1 Å². The molecule has 0 saturated carbocycles. The molecule has 1 nitrogen and oxygen atoms in total. The molecule has 0 aliphatic heterocycles. The first-order valence-electron chi connectivity index (χ1n) is 4.30. The van der Waals surface area contributed by atoms with Gasteiger partial charge in [-0.2, -0.15) is 0 Å². The van der Waals surface area contributed by atoms with Gasteiger partial charge in [-0.3, -0.25) is 4.79 Å². The number of benzene rings is 1. The molecule has 1 aromatic carbocycles. The summed E-state index contributed by atoms with van der Waals surface area (Å²) >= 11 is 3.11. The van der Waals surface area contributed by atoms with Gasteiger partial charge in [0.15, 0.2) is 17.4 Å². The van der Waals surface area contributed by atoms with E-state index in [1.54, 1.807) is 0 Å². The van der Waals surface area contributed by atoms with Crippen LogP contribution in [0.5, 0.6) is 0 Å². The average molecular weight is 281 g/mol. The Bertz CT molecular complexity index is 379. The second-order valence-electron chi connectivity index (χ2n) is 2.96. The van der Waals surface area contributed by atoms with E-state index in [1.807, 2.05) is 0 Å². The summed E-state index contributed by atoms with van der Waals surface area (Å²) in [7, 11) is 0. The Labute approximate surface area is 93.4 Å². The molecule has 0 aliphatic rings. The van der Waals surface area contributed by atoms with Gasteiger partial charge < -0.3 is 0 Å². The number of hydrogen-bond acceptors (Lipinski definition) is 1. The Balaban J connectivity index is 2.94. The molecule has 5 heteroatoms. The summed E-state index contributed by atoms with van der Waals surface area (Å²) in [6.45, 7) is 0. The Morgan fingerprint density at radius 3 is 2.33 bits per heavy atom. The van der Waals surface area contributed by atoms with Crippen LogP contribution in [0.25, 0.3) is 0 Å². The zero-order chi connectivity index (χ0) is 11.4. The minimum Gasteiger partial charge on any atom is -0.294 e. The van der Waals surface area contributed by atoms with E-state index in [0.717, 1.165) is 0 Å². The summed E-state index contributed by atoms with van der Waals surface area (Å²) in [6, 6.07) is 0.984. The number of carbonyl (C=O) groups excluding carboxylic acids is 1. The highest BCUT2D eigenvalue weighted by Crippen LogP contribution is 2.16. The predicted molar refractivity (Wildman–Crippen MR) is 53.7 cm³/mol. The first-order valence-corrected chi connectivity index (χ1v) is 5.42. The van der Waals surface area contributed by atoms with Crippen LogP contribution < -0.4 is 0 Å². The molecule has 0 aromatic heterocycles. The lowest BCUT2D eigenvalue weighted by atomic mass is 10.1. The van der Waals surface area contributed by atoms with Gasteiger partial charge in [-0.1, -0.05) is 15.9 Å². The van der Waals surface area contributed by atoms with Crippen LogP contribution in [0.4, 0.5) is 13.2 Å². The zero-order valence-electron chi connectivity index (χ0n) is 7.70. The normalized spacial score (nSPS) is 10.4. The third-order valence-corrected chi connectivity index (χ3v) is 2.41. The van der Waals surface area contributed by atoms with Crippen molar-refractivity contribution < 1.29 is 18.0 Å². The molecule has 0 atom stereocenters. The molecule has 0 amide bonds. The summed E-state index contributed by atoms with van der Waals surface area (Å²) in [5.41, 5.74) is -0.394. The van der Waals surface area contributed by atoms with E-state index in [1.165, 1.54) is 0 Å². The molecule has 0 spiro atoms. The maximum atomic E-state index is 13.1. The Hall–Kier alpha value is -0.840. The van der Waals surface area contributed by atoms with E-state index in [0.29, 0.717) is 23.9 Å². The number of ketones is 1. The van der Waals surface area contributed by atoms with Gasteiger partial charge in [-0.25, -0.2) is 13.2 Å². The number of carbonyl (C=O) groups is 1. The highest BCUT2D eigenvalue weighted by molar-refractivity contribution is 9.09. The summed E-state index contributed by atoms with van der Waals surface area (Å²) < 4.78 is 38.3. The molecule has 0 heterocycles. The van der Waals surface area contributed by atoms with E-state index in [-0.39, 0.29) is 6.42 Å². The highest BCUT2D eigenvalue weighted by atomic mass is 79.9. The number of Topliss-reactive ketones (excluding diaryl/α,β-unsaturated/α-hetero) is 1. The molecule has 0 fully saturated rings. The molecule has 0 N–H and O–H groups in total. The molecule has 0 radical (unpaired) electrons. The molecule has 0 saturated heterocycles. The number of alkyl halides is 1. The Kier molecular flexibility index (Phi) is 4.32.